The molecule has 1 aliphatic rings. The van der Waals surface area contributed by atoms with Crippen LogP contribution < -0.4 is 26.1 Å². The third-order valence-corrected chi connectivity index (χ3v) is 5.58. The second-order valence-electron chi connectivity index (χ2n) is 6.84. The maximum atomic E-state index is 13.4. The molecule has 32 heavy (non-hydrogen) atoms. The fraction of sp³-hybridized carbons (Fsp3) is 0.0909. The summed E-state index contributed by atoms with van der Waals surface area (Å²) in [5, 5.41) is 2.11. The highest BCUT2D eigenvalue weighted by atomic mass is 79.9. The van der Waals surface area contributed by atoms with E-state index < -0.39 is 23.2 Å². The van der Waals surface area contributed by atoms with Crippen LogP contribution in [0, 0.1) is 0 Å². The number of ketones is 1. The Morgan fingerprint density at radius 2 is 1.59 bits per heavy atom. The first-order valence-electron chi connectivity index (χ1n) is 9.24. The van der Waals surface area contributed by atoms with E-state index in [9.17, 15) is 19.2 Å². The second kappa shape index (κ2) is 7.97. The standard InChI is InChI=1S/C22H16BrN3O6/c1-31-15-7-12(19(28)10-3-5-11(23)6-4-10)14(9-16(15)32-2)26-17(27)8-13-18(20(26)24)22(30)25-21(13)29/h3-9H,24H2,1-2H3,(H,25,29,30). The van der Waals surface area contributed by atoms with Crippen LogP contribution in [0.2, 0.25) is 0 Å². The lowest BCUT2D eigenvalue weighted by atomic mass is 10.00. The molecule has 1 aromatic heterocycles. The molecule has 0 radical (unpaired) electrons. The molecule has 2 aromatic carbocycles. The number of fused-ring (bicyclic) bond motifs is 1. The van der Waals surface area contributed by atoms with Gasteiger partial charge >= 0.3 is 0 Å². The molecule has 4 rings (SSSR count). The van der Waals surface area contributed by atoms with Crippen molar-refractivity contribution in [2.24, 2.45) is 0 Å². The molecule has 9 nitrogen and oxygen atoms in total. The molecule has 0 fully saturated rings. The lowest BCUT2D eigenvalue weighted by Crippen LogP contribution is -2.26. The Morgan fingerprint density at radius 3 is 2.22 bits per heavy atom. The van der Waals surface area contributed by atoms with Crippen LogP contribution in [0.5, 0.6) is 11.5 Å². The summed E-state index contributed by atoms with van der Waals surface area (Å²) >= 11 is 3.33. The van der Waals surface area contributed by atoms with Crippen molar-refractivity contribution in [2.75, 3.05) is 20.0 Å². The van der Waals surface area contributed by atoms with Gasteiger partial charge in [0.1, 0.15) is 5.82 Å². The van der Waals surface area contributed by atoms with E-state index in [-0.39, 0.29) is 39.7 Å². The summed E-state index contributed by atoms with van der Waals surface area (Å²) in [7, 11) is 2.82. The Bertz CT molecular complexity index is 1360. The van der Waals surface area contributed by atoms with Crippen LogP contribution in [0.3, 0.4) is 0 Å². The molecule has 0 saturated heterocycles. The molecule has 0 bridgehead atoms. The number of pyridine rings is 1. The maximum absolute atomic E-state index is 13.4. The average molecular weight is 498 g/mol. The van der Waals surface area contributed by atoms with Gasteiger partial charge in [0.15, 0.2) is 17.3 Å². The first kappa shape index (κ1) is 21.3. The van der Waals surface area contributed by atoms with Gasteiger partial charge in [-0.05, 0) is 30.3 Å². The number of imide groups is 1. The fourth-order valence-corrected chi connectivity index (χ4v) is 3.78. The zero-order valence-corrected chi connectivity index (χ0v) is 18.5. The molecule has 0 atom stereocenters. The lowest BCUT2D eigenvalue weighted by Gasteiger charge is -2.18. The number of anilines is 1. The highest BCUT2D eigenvalue weighted by Crippen LogP contribution is 2.35. The molecular formula is C22H16BrN3O6. The molecule has 3 N–H and O–H groups in total. The number of nitrogens with one attached hydrogen (secondary N) is 1. The van der Waals surface area contributed by atoms with E-state index in [0.717, 1.165) is 15.1 Å². The number of benzene rings is 2. The number of carbonyl (C=O) groups excluding carboxylic acids is 3. The van der Waals surface area contributed by atoms with E-state index in [4.69, 9.17) is 15.2 Å². The van der Waals surface area contributed by atoms with Gasteiger partial charge < -0.3 is 15.2 Å². The fourth-order valence-electron chi connectivity index (χ4n) is 3.52. The number of nitrogens with two attached hydrogens (primary N) is 1. The van der Waals surface area contributed by atoms with Crippen molar-refractivity contribution < 1.29 is 23.9 Å². The van der Waals surface area contributed by atoms with Crippen LogP contribution in [0.1, 0.15) is 36.6 Å². The van der Waals surface area contributed by atoms with Gasteiger partial charge in [-0.25, -0.2) is 0 Å². The summed E-state index contributed by atoms with van der Waals surface area (Å²) in [6.07, 6.45) is 0. The van der Waals surface area contributed by atoms with Crippen molar-refractivity contribution in [2.45, 2.75) is 0 Å². The molecule has 2 heterocycles. The number of nitrogens with zero attached hydrogens (tertiary/aromatic N) is 1. The average Bonchev–Trinajstić information content (AvgIpc) is 3.06. The highest BCUT2D eigenvalue weighted by Gasteiger charge is 2.33. The van der Waals surface area contributed by atoms with Gasteiger partial charge in [-0.1, -0.05) is 15.9 Å². The number of halogens is 1. The number of nitrogen functional groups attached to an aromatic ring is 1. The monoisotopic (exact) mass is 497 g/mol. The van der Waals surface area contributed by atoms with Crippen molar-refractivity contribution >= 4 is 39.3 Å². The number of rotatable bonds is 5. The van der Waals surface area contributed by atoms with Gasteiger partial charge in [0.25, 0.3) is 17.4 Å². The van der Waals surface area contributed by atoms with Crippen LogP contribution in [0.4, 0.5) is 5.82 Å². The number of hydrogen-bond donors (Lipinski definition) is 2. The molecule has 0 saturated carbocycles. The second-order valence-corrected chi connectivity index (χ2v) is 7.75. The summed E-state index contributed by atoms with van der Waals surface area (Å²) in [5.74, 6) is -1.62. The number of amides is 2. The van der Waals surface area contributed by atoms with Crippen molar-refractivity contribution in [3.8, 4) is 17.2 Å². The van der Waals surface area contributed by atoms with Crippen molar-refractivity contribution in [3.05, 3.63) is 79.5 Å². The minimum absolute atomic E-state index is 0.0769. The molecule has 1 aliphatic heterocycles. The number of methoxy groups -OCH3 is 2. The Hall–Kier alpha value is -3.92. The van der Waals surface area contributed by atoms with Crippen LogP contribution in [0.25, 0.3) is 5.69 Å². The minimum atomic E-state index is -0.725. The zero-order valence-electron chi connectivity index (χ0n) is 16.9. The summed E-state index contributed by atoms with van der Waals surface area (Å²) in [6.45, 7) is 0. The van der Waals surface area contributed by atoms with Crippen LogP contribution in [-0.4, -0.2) is 36.4 Å². The summed E-state index contributed by atoms with van der Waals surface area (Å²) in [4.78, 5) is 50.6. The SMILES string of the molecule is COc1cc(C(=O)c2ccc(Br)cc2)c(-n2c(N)c3c(cc2=O)C(=O)NC3=O)cc1OC. The smallest absolute Gasteiger partial charge is 0.262 e. The zero-order chi connectivity index (χ0) is 23.2. The lowest BCUT2D eigenvalue weighted by molar-refractivity contribution is 0.0879. The van der Waals surface area contributed by atoms with Gasteiger partial charge in [-0.2, -0.15) is 0 Å². The summed E-state index contributed by atoms with van der Waals surface area (Å²) in [5.41, 5.74) is 5.74. The van der Waals surface area contributed by atoms with Crippen LogP contribution >= 0.6 is 15.9 Å². The summed E-state index contributed by atoms with van der Waals surface area (Å²) < 4.78 is 12.5. The third kappa shape index (κ3) is 3.34. The number of hydrogen-bond acceptors (Lipinski definition) is 7. The molecule has 0 spiro atoms. The van der Waals surface area contributed by atoms with Gasteiger partial charge in [0, 0.05) is 22.2 Å². The predicted molar refractivity (Wildman–Crippen MR) is 119 cm³/mol. The Kier molecular flexibility index (Phi) is 5.31. The topological polar surface area (TPSA) is 130 Å². The van der Waals surface area contributed by atoms with Crippen molar-refractivity contribution in [1.82, 2.24) is 9.88 Å². The molecule has 162 valence electrons. The number of ether oxygens (including phenoxy) is 2. The molecule has 0 unspecified atom stereocenters. The predicted octanol–water partition coefficient (Wildman–Crippen LogP) is 2.31. The molecule has 3 aromatic rings. The quantitative estimate of drug-likeness (QED) is 0.408. The molecule has 2 amide bonds. The Labute approximate surface area is 189 Å². The van der Waals surface area contributed by atoms with E-state index in [2.05, 4.69) is 21.2 Å². The summed E-state index contributed by atoms with van der Waals surface area (Å²) in [6, 6.07) is 10.5. The van der Waals surface area contributed by atoms with E-state index in [1.54, 1.807) is 24.3 Å². The first-order valence-corrected chi connectivity index (χ1v) is 10.0. The number of aromatic nitrogens is 1. The molecule has 0 aliphatic carbocycles. The van der Waals surface area contributed by atoms with Crippen molar-refractivity contribution in [3.63, 3.8) is 0 Å². The van der Waals surface area contributed by atoms with Gasteiger partial charge in [-0.15, -0.1) is 0 Å². The number of carbonyl (C=O) groups is 3. The minimum Gasteiger partial charge on any atom is -0.493 e. The first-order chi connectivity index (χ1) is 15.3. The maximum Gasteiger partial charge on any atom is 0.262 e. The third-order valence-electron chi connectivity index (χ3n) is 5.05. The van der Waals surface area contributed by atoms with Gasteiger partial charge in [0.05, 0.1) is 36.6 Å². The van der Waals surface area contributed by atoms with E-state index >= 15 is 0 Å². The highest BCUT2D eigenvalue weighted by molar-refractivity contribution is 9.10. The molecule has 10 heteroatoms. The molecular weight excluding hydrogens is 482 g/mol. The Morgan fingerprint density at radius 1 is 0.969 bits per heavy atom. The van der Waals surface area contributed by atoms with Crippen LogP contribution in [-0.2, 0) is 0 Å². The van der Waals surface area contributed by atoms with Gasteiger partial charge in [-0.3, -0.25) is 29.1 Å². The van der Waals surface area contributed by atoms with Crippen molar-refractivity contribution in [1.29, 1.82) is 0 Å². The van der Waals surface area contributed by atoms with Gasteiger partial charge in [0.2, 0.25) is 0 Å². The largest absolute Gasteiger partial charge is 0.493 e. The normalized spacial score (nSPS) is 12.3. The van der Waals surface area contributed by atoms with Crippen LogP contribution in [0.15, 0.2) is 51.7 Å². The van der Waals surface area contributed by atoms with E-state index in [1.165, 1.54) is 26.4 Å². The van der Waals surface area contributed by atoms with E-state index in [1.807, 2.05) is 0 Å². The Balaban J connectivity index is 2.03. The van der Waals surface area contributed by atoms with E-state index in [0.29, 0.717) is 5.56 Å².